The molecule has 1 N–H and O–H groups in total. The highest BCUT2D eigenvalue weighted by atomic mass is 31.2. The van der Waals surface area contributed by atoms with Crippen LogP contribution in [0.1, 0.15) is 65.2 Å². The minimum absolute atomic E-state index is 0.0254. The van der Waals surface area contributed by atoms with Gasteiger partial charge in [0.15, 0.2) is 5.78 Å². The lowest BCUT2D eigenvalue weighted by molar-refractivity contribution is -0.117. The monoisotopic (exact) mass is 366 g/mol. The fourth-order valence-corrected chi connectivity index (χ4v) is 7.74. The fourth-order valence-electron chi connectivity index (χ4n) is 6.92. The Bertz CT molecular complexity index is 665. The number of fused-ring (bicyclic) bond motifs is 5. The first-order chi connectivity index (χ1) is 11.6. The highest BCUT2D eigenvalue weighted by Crippen LogP contribution is 2.66. The molecule has 0 amide bonds. The molecule has 0 heterocycles. The summed E-state index contributed by atoms with van der Waals surface area (Å²) in [7, 11) is -3.45. The van der Waals surface area contributed by atoms with E-state index in [1.807, 2.05) is 6.08 Å². The quantitative estimate of drug-likeness (QED) is 0.718. The summed E-state index contributed by atoms with van der Waals surface area (Å²) < 4.78 is 17.5. The van der Waals surface area contributed by atoms with Crippen molar-refractivity contribution in [1.29, 1.82) is 0 Å². The molecule has 3 fully saturated rings. The summed E-state index contributed by atoms with van der Waals surface area (Å²) in [6.45, 7) is 5.99. The molecule has 0 radical (unpaired) electrons. The summed E-state index contributed by atoms with van der Waals surface area (Å²) >= 11 is 0. The molecule has 0 bridgehead atoms. The van der Waals surface area contributed by atoms with Crippen LogP contribution in [-0.4, -0.2) is 23.4 Å². The smallest absolute Gasteiger partial charge is 0.324 e. The molecule has 4 aliphatic rings. The zero-order chi connectivity index (χ0) is 18.0. The second kappa shape index (κ2) is 5.78. The van der Waals surface area contributed by atoms with Gasteiger partial charge in [0.05, 0.1) is 6.10 Å². The Kier molecular flexibility index (Phi) is 4.15. The molecule has 7 atom stereocenters. The molecule has 0 aliphatic heterocycles. The average Bonchev–Trinajstić information content (AvgIpc) is 2.83. The van der Waals surface area contributed by atoms with E-state index in [2.05, 4.69) is 13.8 Å². The highest BCUT2D eigenvalue weighted by Gasteiger charge is 2.59. The van der Waals surface area contributed by atoms with Crippen LogP contribution in [0.15, 0.2) is 11.6 Å². The number of ketones is 1. The molecular weight excluding hydrogens is 335 g/mol. The van der Waals surface area contributed by atoms with Gasteiger partial charge in [-0.2, -0.15) is 0 Å². The number of allylic oxidation sites excluding steroid dienone is 1. The number of hydrogen-bond donors (Lipinski definition) is 1. The van der Waals surface area contributed by atoms with E-state index < -0.39 is 7.60 Å². The fraction of sp³-hybridized carbons (Fsp3) is 0.850. The molecule has 4 aliphatic carbocycles. The first kappa shape index (κ1) is 17.9. The van der Waals surface area contributed by atoms with Crippen molar-refractivity contribution in [2.75, 3.05) is 6.66 Å². The first-order valence-electron chi connectivity index (χ1n) is 9.86. The lowest BCUT2D eigenvalue weighted by Crippen LogP contribution is -2.51. The largest absolute Gasteiger partial charge is 0.325 e. The maximum Gasteiger partial charge on any atom is 0.325 e. The highest BCUT2D eigenvalue weighted by molar-refractivity contribution is 7.51. The van der Waals surface area contributed by atoms with Crippen molar-refractivity contribution in [3.8, 4) is 0 Å². The summed E-state index contributed by atoms with van der Waals surface area (Å²) in [5.74, 6) is 2.21. The summed E-state index contributed by atoms with van der Waals surface area (Å²) in [4.78, 5) is 21.6. The number of hydrogen-bond acceptors (Lipinski definition) is 3. The third-order valence-corrected chi connectivity index (χ3v) is 8.84. The third-order valence-electron chi connectivity index (χ3n) is 8.20. The summed E-state index contributed by atoms with van der Waals surface area (Å²) in [5.41, 5.74) is 1.61. The van der Waals surface area contributed by atoms with E-state index in [0.717, 1.165) is 44.9 Å². The Morgan fingerprint density at radius 3 is 2.60 bits per heavy atom. The number of rotatable bonds is 2. The summed E-state index contributed by atoms with van der Waals surface area (Å²) in [6.07, 6.45) is 10.0. The average molecular weight is 366 g/mol. The normalized spacial score (nSPS) is 48.8. The van der Waals surface area contributed by atoms with Crippen molar-refractivity contribution in [3.63, 3.8) is 0 Å². The van der Waals surface area contributed by atoms with Gasteiger partial charge in [-0.05, 0) is 79.6 Å². The van der Waals surface area contributed by atoms with Crippen LogP contribution in [-0.2, 0) is 13.9 Å². The van der Waals surface area contributed by atoms with Crippen molar-refractivity contribution in [2.45, 2.75) is 71.3 Å². The summed E-state index contributed by atoms with van der Waals surface area (Å²) in [6, 6.07) is 0. The van der Waals surface area contributed by atoms with Crippen LogP contribution in [0.3, 0.4) is 0 Å². The maximum atomic E-state index is 11.9. The molecule has 25 heavy (non-hydrogen) atoms. The second-order valence-electron chi connectivity index (χ2n) is 9.49. The zero-order valence-electron chi connectivity index (χ0n) is 15.7. The van der Waals surface area contributed by atoms with E-state index in [9.17, 15) is 14.3 Å². The van der Waals surface area contributed by atoms with Gasteiger partial charge in [0.1, 0.15) is 0 Å². The predicted molar refractivity (Wildman–Crippen MR) is 97.3 cm³/mol. The Labute approximate surface area is 150 Å². The lowest BCUT2D eigenvalue weighted by Gasteiger charge is -2.58. The van der Waals surface area contributed by atoms with E-state index >= 15 is 0 Å². The molecule has 5 heteroatoms. The van der Waals surface area contributed by atoms with Gasteiger partial charge < -0.3 is 9.42 Å². The van der Waals surface area contributed by atoms with Crippen molar-refractivity contribution >= 4 is 13.4 Å². The van der Waals surface area contributed by atoms with Gasteiger partial charge in [0, 0.05) is 13.1 Å². The Morgan fingerprint density at radius 2 is 1.88 bits per heavy atom. The molecule has 0 aromatic rings. The van der Waals surface area contributed by atoms with Crippen LogP contribution in [0.4, 0.5) is 0 Å². The van der Waals surface area contributed by atoms with Crippen LogP contribution >= 0.6 is 7.60 Å². The van der Waals surface area contributed by atoms with E-state index in [0.29, 0.717) is 30.0 Å². The zero-order valence-corrected chi connectivity index (χ0v) is 16.6. The number of carbonyl (C=O) groups excluding carboxylic acids is 1. The molecule has 1 unspecified atom stereocenters. The molecule has 4 nitrogen and oxygen atoms in total. The SMILES string of the molecule is C[C@]12CC[C@H]3[C@@H](CCC4=CC(=O)CC[C@@]43C)[C@@H]1CC[C@@H]2OP(C)(=O)O. The second-order valence-corrected chi connectivity index (χ2v) is 11.3. The Balaban J connectivity index is 1.61. The van der Waals surface area contributed by atoms with E-state index in [1.165, 1.54) is 12.2 Å². The Morgan fingerprint density at radius 1 is 1.12 bits per heavy atom. The van der Waals surface area contributed by atoms with Crippen molar-refractivity contribution in [2.24, 2.45) is 28.6 Å². The molecule has 4 rings (SSSR count). The maximum absolute atomic E-state index is 11.9. The predicted octanol–water partition coefficient (Wildman–Crippen LogP) is 4.72. The minimum atomic E-state index is -3.45. The van der Waals surface area contributed by atoms with Gasteiger partial charge in [0.25, 0.3) is 0 Å². The molecule has 0 aromatic carbocycles. The van der Waals surface area contributed by atoms with Gasteiger partial charge in [-0.25, -0.2) is 0 Å². The van der Waals surface area contributed by atoms with Gasteiger partial charge in [-0.1, -0.05) is 19.4 Å². The molecule has 140 valence electrons. The van der Waals surface area contributed by atoms with E-state index in [1.54, 1.807) is 0 Å². The first-order valence-corrected chi connectivity index (χ1v) is 11.9. The van der Waals surface area contributed by atoms with Crippen LogP contribution in [0.2, 0.25) is 0 Å². The van der Waals surface area contributed by atoms with Crippen LogP contribution < -0.4 is 0 Å². The molecule has 3 saturated carbocycles. The van der Waals surface area contributed by atoms with Gasteiger partial charge in [-0.15, -0.1) is 0 Å². The lowest BCUT2D eigenvalue weighted by atomic mass is 9.47. The standard InChI is InChI=1S/C20H31O4P/c1-19-10-8-14(21)12-13(19)4-5-15-16-6-7-18(24-25(3,22)23)20(16,2)11-9-17(15)19/h12,15-18H,4-11H2,1-3H3,(H,22,23)/t15-,16-,17-,18-,19-,20-/m0/s1. The molecule has 0 spiro atoms. The molecule has 0 saturated heterocycles. The van der Waals surface area contributed by atoms with Crippen LogP contribution in [0, 0.1) is 28.6 Å². The van der Waals surface area contributed by atoms with Crippen molar-refractivity contribution in [1.82, 2.24) is 0 Å². The third kappa shape index (κ3) is 2.80. The van der Waals surface area contributed by atoms with Gasteiger partial charge in [0.2, 0.25) is 0 Å². The van der Waals surface area contributed by atoms with E-state index in [-0.39, 0.29) is 16.9 Å². The molecule has 0 aromatic heterocycles. The number of carbonyl (C=O) groups is 1. The summed E-state index contributed by atoms with van der Waals surface area (Å²) in [5, 5.41) is 0. The van der Waals surface area contributed by atoms with Gasteiger partial charge >= 0.3 is 7.60 Å². The minimum Gasteiger partial charge on any atom is -0.324 e. The van der Waals surface area contributed by atoms with Crippen LogP contribution in [0.25, 0.3) is 0 Å². The van der Waals surface area contributed by atoms with Crippen molar-refractivity contribution < 1.29 is 18.8 Å². The topological polar surface area (TPSA) is 63.6 Å². The van der Waals surface area contributed by atoms with Crippen LogP contribution in [0.5, 0.6) is 0 Å². The molecular formula is C20H31O4P. The van der Waals surface area contributed by atoms with E-state index in [4.69, 9.17) is 4.52 Å². The van der Waals surface area contributed by atoms with Gasteiger partial charge in [-0.3, -0.25) is 9.36 Å². The van der Waals surface area contributed by atoms with Crippen molar-refractivity contribution in [3.05, 3.63) is 11.6 Å². The Hall–Kier alpha value is -0.440.